The molecule has 1 heterocycles. The number of amides is 1. The van der Waals surface area contributed by atoms with Gasteiger partial charge in [-0.1, -0.05) is 0 Å². The van der Waals surface area contributed by atoms with Crippen molar-refractivity contribution >= 4 is 15.9 Å². The molecule has 1 amide bonds. The smallest absolute Gasteiger partial charge is 0.244 e. The fraction of sp³-hybridized carbons (Fsp3) is 0.455. The number of likely N-dealkylation sites (N-methyl/N-ethyl adjacent to an activating group) is 1. The fourth-order valence-electron chi connectivity index (χ4n) is 1.35. The molecule has 1 rings (SSSR count). The Morgan fingerprint density at radius 2 is 2.20 bits per heavy atom. The normalized spacial score (nSPS) is 11.6. The summed E-state index contributed by atoms with van der Waals surface area (Å²) in [4.78, 5) is 14.7. The zero-order chi connectivity index (χ0) is 15.2. The summed E-state index contributed by atoms with van der Waals surface area (Å²) >= 11 is 0. The van der Waals surface area contributed by atoms with Gasteiger partial charge in [-0.25, -0.2) is 12.8 Å². The largest absolute Gasteiger partial charge is 0.383 e. The minimum atomic E-state index is -3.95. The van der Waals surface area contributed by atoms with Crippen LogP contribution >= 0.6 is 0 Å². The maximum absolute atomic E-state index is 13.0. The summed E-state index contributed by atoms with van der Waals surface area (Å²) in [5.74, 6) is -1.23. The van der Waals surface area contributed by atoms with E-state index >= 15 is 0 Å². The van der Waals surface area contributed by atoms with Crippen LogP contribution in [-0.2, 0) is 19.6 Å². The van der Waals surface area contributed by atoms with Crippen LogP contribution in [0.1, 0.15) is 0 Å². The van der Waals surface area contributed by atoms with E-state index < -0.39 is 21.7 Å². The lowest BCUT2D eigenvalue weighted by atomic mass is 10.5. The van der Waals surface area contributed by atoms with E-state index in [1.165, 1.54) is 14.2 Å². The second-order valence-electron chi connectivity index (χ2n) is 3.94. The molecule has 0 aliphatic rings. The van der Waals surface area contributed by atoms with Crippen LogP contribution in [0.15, 0.2) is 23.4 Å². The maximum atomic E-state index is 13.0. The molecule has 20 heavy (non-hydrogen) atoms. The van der Waals surface area contributed by atoms with Crippen LogP contribution in [0.25, 0.3) is 0 Å². The van der Waals surface area contributed by atoms with Crippen LogP contribution < -0.4 is 5.32 Å². The number of carbonyl (C=O) groups excluding carboxylic acids is 1. The fourth-order valence-corrected chi connectivity index (χ4v) is 2.45. The van der Waals surface area contributed by atoms with Crippen molar-refractivity contribution in [1.29, 1.82) is 0 Å². The number of nitrogens with one attached hydrogen (secondary N) is 1. The number of aromatic nitrogens is 1. The van der Waals surface area contributed by atoms with Crippen molar-refractivity contribution in [3.05, 3.63) is 24.3 Å². The van der Waals surface area contributed by atoms with Crippen molar-refractivity contribution in [3.8, 4) is 0 Å². The lowest BCUT2D eigenvalue weighted by molar-refractivity contribution is -0.121. The van der Waals surface area contributed by atoms with E-state index in [2.05, 4.69) is 10.3 Å². The molecule has 0 aliphatic heterocycles. The second kappa shape index (κ2) is 7.27. The minimum absolute atomic E-state index is 0.282. The first kappa shape index (κ1) is 16.5. The van der Waals surface area contributed by atoms with Crippen LogP contribution in [0.5, 0.6) is 0 Å². The van der Waals surface area contributed by atoms with Crippen LogP contribution in [0.2, 0.25) is 0 Å². The van der Waals surface area contributed by atoms with Gasteiger partial charge in [0.05, 0.1) is 19.3 Å². The third kappa shape index (κ3) is 4.51. The summed E-state index contributed by atoms with van der Waals surface area (Å²) in [6, 6.07) is 0.849. The molecule has 9 heteroatoms. The summed E-state index contributed by atoms with van der Waals surface area (Å²) in [6.45, 7) is 0.239. The van der Waals surface area contributed by atoms with Crippen LogP contribution in [0.4, 0.5) is 4.39 Å². The summed E-state index contributed by atoms with van der Waals surface area (Å²) in [6.07, 6.45) is 1.92. The first-order chi connectivity index (χ1) is 9.37. The van der Waals surface area contributed by atoms with E-state index in [1.54, 1.807) is 0 Å². The molecule has 1 N–H and O–H groups in total. The standard InChI is InChI=1S/C11H16FN3O4S/c1-15(8-11(16)14-3-4-19-2)20(17,18)10-5-9(12)6-13-7-10/h5-7H,3-4,8H2,1-2H3,(H,14,16). The SMILES string of the molecule is COCCNC(=O)CN(C)S(=O)(=O)c1cncc(F)c1. The number of halogens is 1. The topological polar surface area (TPSA) is 88.6 Å². The van der Waals surface area contributed by atoms with Gasteiger partial charge in [0.2, 0.25) is 15.9 Å². The number of sulfonamides is 1. The van der Waals surface area contributed by atoms with E-state index in [4.69, 9.17) is 4.74 Å². The van der Waals surface area contributed by atoms with E-state index in [9.17, 15) is 17.6 Å². The molecule has 0 radical (unpaired) electrons. The van der Waals surface area contributed by atoms with Crippen molar-refractivity contribution in [1.82, 2.24) is 14.6 Å². The summed E-state index contributed by atoms with van der Waals surface area (Å²) in [5, 5.41) is 2.49. The van der Waals surface area contributed by atoms with Crippen molar-refractivity contribution in [3.63, 3.8) is 0 Å². The zero-order valence-corrected chi connectivity index (χ0v) is 12.0. The van der Waals surface area contributed by atoms with E-state index in [0.29, 0.717) is 6.61 Å². The number of ether oxygens (including phenoxy) is 1. The predicted molar refractivity (Wildman–Crippen MR) is 68.9 cm³/mol. The Morgan fingerprint density at radius 1 is 1.50 bits per heavy atom. The van der Waals surface area contributed by atoms with Crippen molar-refractivity contribution in [2.45, 2.75) is 4.90 Å². The molecule has 0 fully saturated rings. The van der Waals surface area contributed by atoms with Gasteiger partial charge in [0.1, 0.15) is 10.7 Å². The lowest BCUT2D eigenvalue weighted by Gasteiger charge is -2.16. The van der Waals surface area contributed by atoms with Crippen molar-refractivity contribution in [2.75, 3.05) is 33.9 Å². The monoisotopic (exact) mass is 305 g/mol. The first-order valence-corrected chi connectivity index (χ1v) is 7.14. The van der Waals surface area contributed by atoms with Crippen LogP contribution in [0.3, 0.4) is 0 Å². The average molecular weight is 305 g/mol. The number of nitrogens with zero attached hydrogens (tertiary/aromatic N) is 2. The molecule has 0 spiro atoms. The second-order valence-corrected chi connectivity index (χ2v) is 5.99. The molecular weight excluding hydrogens is 289 g/mol. The Bertz CT molecular complexity index is 565. The molecule has 0 saturated carbocycles. The maximum Gasteiger partial charge on any atom is 0.244 e. The van der Waals surface area contributed by atoms with E-state index in [1.807, 2.05) is 0 Å². The van der Waals surface area contributed by atoms with Gasteiger partial charge in [0.25, 0.3) is 0 Å². The molecule has 7 nitrogen and oxygen atoms in total. The number of hydrogen-bond acceptors (Lipinski definition) is 5. The van der Waals surface area contributed by atoms with E-state index in [0.717, 1.165) is 22.8 Å². The van der Waals surface area contributed by atoms with Gasteiger partial charge >= 0.3 is 0 Å². The van der Waals surface area contributed by atoms with Crippen molar-refractivity contribution < 1.29 is 22.3 Å². The minimum Gasteiger partial charge on any atom is -0.383 e. The molecular formula is C11H16FN3O4S. The molecule has 0 atom stereocenters. The number of rotatable bonds is 7. The zero-order valence-electron chi connectivity index (χ0n) is 11.2. The highest BCUT2D eigenvalue weighted by Crippen LogP contribution is 2.13. The molecule has 0 saturated heterocycles. The number of pyridine rings is 1. The third-order valence-electron chi connectivity index (χ3n) is 2.38. The van der Waals surface area contributed by atoms with Gasteiger partial charge < -0.3 is 10.1 Å². The van der Waals surface area contributed by atoms with Crippen LogP contribution in [-0.4, -0.2) is 57.5 Å². The summed E-state index contributed by atoms with van der Waals surface area (Å²) < 4.78 is 42.7. The number of carbonyl (C=O) groups is 1. The molecule has 112 valence electrons. The summed E-state index contributed by atoms with van der Waals surface area (Å²) in [5.41, 5.74) is 0. The van der Waals surface area contributed by atoms with Gasteiger partial charge in [0.15, 0.2) is 0 Å². The highest BCUT2D eigenvalue weighted by molar-refractivity contribution is 7.89. The molecule has 1 aromatic heterocycles. The number of methoxy groups -OCH3 is 1. The molecule has 0 aliphatic carbocycles. The van der Waals surface area contributed by atoms with Gasteiger partial charge in [0, 0.05) is 26.9 Å². The highest BCUT2D eigenvalue weighted by atomic mass is 32.2. The number of hydrogen-bond donors (Lipinski definition) is 1. The Labute approximate surface area is 116 Å². The molecule has 0 unspecified atom stereocenters. The molecule has 0 aromatic carbocycles. The highest BCUT2D eigenvalue weighted by Gasteiger charge is 2.23. The third-order valence-corrected chi connectivity index (χ3v) is 4.15. The quantitative estimate of drug-likeness (QED) is 0.693. The van der Waals surface area contributed by atoms with Gasteiger partial charge in [-0.3, -0.25) is 9.78 Å². The Hall–Kier alpha value is -1.58. The Morgan fingerprint density at radius 3 is 2.80 bits per heavy atom. The lowest BCUT2D eigenvalue weighted by Crippen LogP contribution is -2.39. The molecule has 1 aromatic rings. The van der Waals surface area contributed by atoms with Gasteiger partial charge in [-0.2, -0.15) is 4.31 Å². The van der Waals surface area contributed by atoms with Gasteiger partial charge in [-0.05, 0) is 6.07 Å². The predicted octanol–water partition coefficient (Wildman–Crippen LogP) is -0.396. The summed E-state index contributed by atoms with van der Waals surface area (Å²) in [7, 11) is -1.23. The van der Waals surface area contributed by atoms with Gasteiger partial charge in [-0.15, -0.1) is 0 Å². The average Bonchev–Trinajstić information content (AvgIpc) is 2.39. The Kier molecular flexibility index (Phi) is 5.99. The van der Waals surface area contributed by atoms with Crippen LogP contribution in [0, 0.1) is 5.82 Å². The Balaban J connectivity index is 2.70. The molecule has 0 bridgehead atoms. The first-order valence-electron chi connectivity index (χ1n) is 5.70. The van der Waals surface area contributed by atoms with Crippen molar-refractivity contribution in [2.24, 2.45) is 0 Å². The van der Waals surface area contributed by atoms with E-state index in [-0.39, 0.29) is 18.0 Å².